The minimum Gasteiger partial charge on any atom is -0.539 e. The second kappa shape index (κ2) is 5.99. The first-order valence-electron chi connectivity index (χ1n) is 1.22. The van der Waals surface area contributed by atoms with Crippen LogP contribution in [0.25, 0.3) is 0 Å². The van der Waals surface area contributed by atoms with Gasteiger partial charge in [0.25, 0.3) is 0 Å². The molecule has 0 aliphatic heterocycles. The Hall–Kier alpha value is 0.866. The second-order valence-electron chi connectivity index (χ2n) is 0.652. The Morgan fingerprint density at radius 3 is 1.88 bits per heavy atom. The average molecular weight is 163 g/mol. The third-order valence-electron chi connectivity index (χ3n) is 0.237. The smallest absolute Gasteiger partial charge is 0.539 e. The van der Waals surface area contributed by atoms with Crippen LogP contribution in [0.1, 0.15) is 0 Å². The van der Waals surface area contributed by atoms with Crippen LogP contribution in [0.15, 0.2) is 0 Å². The van der Waals surface area contributed by atoms with Gasteiger partial charge in [-0.3, -0.25) is 0 Å². The van der Waals surface area contributed by atoms with E-state index in [2.05, 4.69) is 16.2 Å². The van der Waals surface area contributed by atoms with Crippen molar-refractivity contribution in [2.75, 3.05) is 0 Å². The zero-order valence-electron chi connectivity index (χ0n) is 4.01. The summed E-state index contributed by atoms with van der Waals surface area (Å²) in [6.07, 6.45) is 0. The van der Waals surface area contributed by atoms with E-state index in [0.29, 0.717) is 0 Å². The first kappa shape index (κ1) is 11.6. The van der Waals surface area contributed by atoms with Crippen LogP contribution in [-0.2, 0) is 13.9 Å². The fourth-order valence-corrected chi connectivity index (χ4v) is 0.0945. The van der Waals surface area contributed by atoms with Gasteiger partial charge in [-0.1, -0.05) is 0 Å². The molecule has 40 valence electrons. The van der Waals surface area contributed by atoms with Crippen molar-refractivity contribution in [3.05, 3.63) is 0 Å². The number of hydrogen-bond donors (Lipinski definition) is 0. The quantitative estimate of drug-likeness (QED) is 0.266. The van der Waals surface area contributed by atoms with Gasteiger partial charge >= 0.3 is 57.4 Å². The topological polar surface area (TPSA) is 66.4 Å². The van der Waals surface area contributed by atoms with E-state index >= 15 is 0 Å². The molecule has 0 aromatic rings. The van der Waals surface area contributed by atoms with Crippen molar-refractivity contribution in [1.82, 2.24) is 0 Å². The summed E-state index contributed by atoms with van der Waals surface area (Å²) in [6.45, 7) is 0. The van der Waals surface area contributed by atoms with Gasteiger partial charge in [-0.15, -0.1) is 0 Å². The van der Waals surface area contributed by atoms with Gasteiger partial charge in [-0.2, -0.15) is 0 Å². The van der Waals surface area contributed by atoms with Crippen LogP contribution in [0.5, 0.6) is 0 Å². The van der Waals surface area contributed by atoms with Crippen molar-refractivity contribution < 1.29 is 70.4 Å². The van der Waals surface area contributed by atoms with Crippen molar-refractivity contribution in [2.24, 2.45) is 0 Å². The monoisotopic (exact) mass is 162 g/mol. The van der Waals surface area contributed by atoms with Crippen molar-refractivity contribution in [3.8, 4) is 0 Å². The maximum Gasteiger partial charge on any atom is 1.00 e. The molecule has 0 aromatic carbocycles. The van der Waals surface area contributed by atoms with Crippen LogP contribution in [0.4, 0.5) is 0 Å². The minimum atomic E-state index is -1.95. The molecule has 6 heteroatoms. The van der Waals surface area contributed by atoms with Gasteiger partial charge in [0, 0.05) is 0 Å². The summed E-state index contributed by atoms with van der Waals surface area (Å²) in [5.74, 6) is -3.53. The number of rotatable bonds is 0. The molecule has 0 aliphatic rings. The molecule has 0 aliphatic carbocycles. The van der Waals surface area contributed by atoms with Crippen molar-refractivity contribution in [1.29, 1.82) is 0 Å². The van der Waals surface area contributed by atoms with Gasteiger partial charge in [0.05, 0.1) is 0 Å². The maximum atomic E-state index is 9.50. The van der Waals surface area contributed by atoms with E-state index in [0.717, 1.165) is 0 Å². The summed E-state index contributed by atoms with van der Waals surface area (Å²) >= 11 is 4.28. The summed E-state index contributed by atoms with van der Waals surface area (Å²) in [6, 6.07) is 0. The molecule has 8 heavy (non-hydrogen) atoms. The summed E-state index contributed by atoms with van der Waals surface area (Å²) in [5.41, 5.74) is 0. The second-order valence-corrected chi connectivity index (χ2v) is 0.806. The minimum absolute atomic E-state index is 0. The summed E-state index contributed by atoms with van der Waals surface area (Å²) in [4.78, 5) is 18.8. The Morgan fingerprint density at radius 2 is 1.88 bits per heavy atom. The number of carbonyl (C=O) groups excluding carboxylic acids is 2. The predicted molar refractivity (Wildman–Crippen MR) is 17.0 cm³/mol. The molecule has 0 N–H and O–H groups in total. The number of hydrogen-bond acceptors (Lipinski definition) is 4. The zero-order chi connectivity index (χ0) is 5.86. The largest absolute Gasteiger partial charge is 1.00 e. The molecule has 0 radical (unpaired) electrons. The van der Waals surface area contributed by atoms with Crippen LogP contribution in [0.3, 0.4) is 0 Å². The first-order valence-corrected chi connectivity index (χ1v) is 1.53. The van der Waals surface area contributed by atoms with Crippen LogP contribution >= 0.6 is 11.9 Å². The molecule has 0 bridgehead atoms. The Morgan fingerprint density at radius 1 is 1.50 bits per heavy atom. The molecule has 0 aromatic heterocycles. The zero-order valence-corrected chi connectivity index (χ0v) is 7.89. The van der Waals surface area contributed by atoms with Crippen LogP contribution in [0.2, 0.25) is 0 Å². The number of carboxylic acids is 1. The summed E-state index contributed by atoms with van der Waals surface area (Å²) < 4.78 is 3.18. The van der Waals surface area contributed by atoms with Crippen LogP contribution in [0, 0.1) is 0 Å². The molecule has 4 nitrogen and oxygen atoms in total. The van der Waals surface area contributed by atoms with Gasteiger partial charge < -0.3 is 14.2 Å². The number of aliphatic carboxylic acids is 1. The SMILES string of the molecule is O=C([O-])C(=O)OCl.[K+]. The van der Waals surface area contributed by atoms with Gasteiger partial charge in [0.2, 0.25) is 0 Å². The van der Waals surface area contributed by atoms with Crippen molar-refractivity contribution >= 4 is 23.8 Å². The summed E-state index contributed by atoms with van der Waals surface area (Å²) in [7, 11) is 0. The van der Waals surface area contributed by atoms with Crippen molar-refractivity contribution in [3.63, 3.8) is 0 Å². The molecular formula is C2ClKO4. The Bertz CT molecular complexity index is 102. The third kappa shape index (κ3) is 5.01. The van der Waals surface area contributed by atoms with E-state index in [4.69, 9.17) is 0 Å². The van der Waals surface area contributed by atoms with E-state index in [1.165, 1.54) is 0 Å². The predicted octanol–water partition coefficient (Wildman–Crippen LogP) is -4.56. The fraction of sp³-hybridized carbons (Fsp3) is 0. The summed E-state index contributed by atoms with van der Waals surface area (Å²) in [5, 5.41) is 9.26. The first-order chi connectivity index (χ1) is 3.18. The van der Waals surface area contributed by atoms with Gasteiger partial charge in [-0.25, -0.2) is 4.79 Å². The Balaban J connectivity index is 0. The molecule has 0 fully saturated rings. The van der Waals surface area contributed by atoms with E-state index in [9.17, 15) is 14.7 Å². The third-order valence-corrected chi connectivity index (χ3v) is 0.377. The molecule has 0 saturated heterocycles. The Kier molecular flexibility index (Phi) is 8.72. The maximum absolute atomic E-state index is 9.50. The van der Waals surface area contributed by atoms with E-state index in [1.54, 1.807) is 0 Å². The molecule has 0 rings (SSSR count). The number of carboxylic acid groups (broad SMARTS) is 1. The molecule has 0 atom stereocenters. The molecule has 0 saturated carbocycles. The molecular weight excluding hydrogens is 163 g/mol. The van der Waals surface area contributed by atoms with E-state index in [-0.39, 0.29) is 51.4 Å². The average Bonchev–Trinajstić information content (AvgIpc) is 1.65. The molecule has 0 unspecified atom stereocenters. The molecule has 0 heterocycles. The number of carbonyl (C=O) groups is 2. The van der Waals surface area contributed by atoms with Gasteiger partial charge in [0.1, 0.15) is 11.9 Å². The molecule has 0 amide bonds. The standard InChI is InChI=1S/C2HClO4.K/c3-7-2(6)1(4)5;/h(H,4,5);/q;+1/p-1. The normalized spacial score (nSPS) is 6.62. The number of halogens is 1. The van der Waals surface area contributed by atoms with Gasteiger partial charge in [-0.05, 0) is 0 Å². The molecule has 0 spiro atoms. The van der Waals surface area contributed by atoms with Crippen LogP contribution in [-0.4, -0.2) is 11.9 Å². The van der Waals surface area contributed by atoms with Crippen LogP contribution < -0.4 is 56.5 Å². The fourth-order valence-electron chi connectivity index (χ4n) is 0.0315. The van der Waals surface area contributed by atoms with Crippen molar-refractivity contribution in [2.45, 2.75) is 0 Å². The van der Waals surface area contributed by atoms with Gasteiger partial charge in [0.15, 0.2) is 5.97 Å². The van der Waals surface area contributed by atoms with E-state index in [1.807, 2.05) is 0 Å². The Labute approximate surface area is 92.7 Å². The van der Waals surface area contributed by atoms with E-state index < -0.39 is 11.9 Å².